The average molecular weight is 354 g/mol. The number of ether oxygens (including phenoxy) is 2. The molecule has 0 bridgehead atoms. The first-order valence-electron chi connectivity index (χ1n) is 6.03. The van der Waals surface area contributed by atoms with Gasteiger partial charge in [-0.25, -0.2) is 9.18 Å². The number of carbonyl (C=O) groups is 1. The van der Waals surface area contributed by atoms with Crippen molar-refractivity contribution >= 4 is 27.6 Å². The normalized spacial score (nSPS) is 10.3. The lowest BCUT2D eigenvalue weighted by atomic mass is 10.1. The fraction of sp³-hybridized carbons (Fsp3) is 0.133. The molecule has 0 saturated heterocycles. The van der Waals surface area contributed by atoms with Crippen molar-refractivity contribution in [3.63, 3.8) is 0 Å². The summed E-state index contributed by atoms with van der Waals surface area (Å²) in [6, 6.07) is 7.49. The zero-order valence-electron chi connectivity index (χ0n) is 11.4. The van der Waals surface area contributed by atoms with Gasteiger partial charge in [0.25, 0.3) is 0 Å². The second-order valence-corrected chi connectivity index (χ2v) is 5.23. The Morgan fingerprint density at radius 2 is 2.00 bits per heavy atom. The minimum atomic E-state index is -0.652. The molecule has 0 saturated carbocycles. The van der Waals surface area contributed by atoms with Crippen LogP contribution in [0.15, 0.2) is 34.8 Å². The molecule has 2 rings (SSSR count). The van der Waals surface area contributed by atoms with E-state index in [9.17, 15) is 9.18 Å². The number of benzene rings is 2. The molecule has 0 aliphatic carbocycles. The van der Waals surface area contributed by atoms with Gasteiger partial charge in [0.2, 0.25) is 0 Å². The van der Waals surface area contributed by atoms with E-state index in [1.54, 1.807) is 18.2 Å². The Labute approximate surface area is 129 Å². The average Bonchev–Trinajstić information content (AvgIpc) is 2.45. The van der Waals surface area contributed by atoms with Gasteiger partial charge in [0.1, 0.15) is 5.75 Å². The van der Waals surface area contributed by atoms with Gasteiger partial charge in [-0.2, -0.15) is 0 Å². The molecule has 0 aromatic heterocycles. The number of hydrogen-bond donors (Lipinski definition) is 1. The Morgan fingerprint density at radius 1 is 1.29 bits per heavy atom. The third kappa shape index (κ3) is 3.33. The van der Waals surface area contributed by atoms with Gasteiger partial charge in [-0.3, -0.25) is 0 Å². The molecule has 0 spiro atoms. The summed E-state index contributed by atoms with van der Waals surface area (Å²) in [5.41, 5.74) is 6.60. The van der Waals surface area contributed by atoms with E-state index in [0.29, 0.717) is 5.75 Å². The largest absolute Gasteiger partial charge is 0.465 e. The molecule has 21 heavy (non-hydrogen) atoms. The fourth-order valence-corrected chi connectivity index (χ4v) is 1.99. The van der Waals surface area contributed by atoms with E-state index in [2.05, 4.69) is 20.7 Å². The van der Waals surface area contributed by atoms with Gasteiger partial charge in [-0.1, -0.05) is 15.9 Å². The van der Waals surface area contributed by atoms with Crippen molar-refractivity contribution in [1.29, 1.82) is 0 Å². The van der Waals surface area contributed by atoms with Crippen LogP contribution in [0.4, 0.5) is 10.1 Å². The highest BCUT2D eigenvalue weighted by molar-refractivity contribution is 9.10. The van der Waals surface area contributed by atoms with Crippen molar-refractivity contribution in [2.75, 3.05) is 12.8 Å². The van der Waals surface area contributed by atoms with Crippen LogP contribution in [0.2, 0.25) is 0 Å². The fourth-order valence-electron chi connectivity index (χ4n) is 1.74. The smallest absolute Gasteiger partial charge is 0.340 e. The summed E-state index contributed by atoms with van der Waals surface area (Å²) in [6.07, 6.45) is 0. The molecule has 0 amide bonds. The van der Waals surface area contributed by atoms with Crippen LogP contribution in [-0.2, 0) is 4.74 Å². The third-order valence-electron chi connectivity index (χ3n) is 2.87. The molecule has 110 valence electrons. The van der Waals surface area contributed by atoms with Gasteiger partial charge >= 0.3 is 5.97 Å². The molecule has 0 aliphatic heterocycles. The molecule has 0 atom stereocenters. The summed E-state index contributed by atoms with van der Waals surface area (Å²) in [6.45, 7) is 1.89. The standard InChI is InChI=1S/C15H13BrFNO3/c1-8-5-9(3-4-11(8)16)21-14-6-10(15(19)20-2)13(18)7-12(14)17/h3-7H,18H2,1-2H3. The highest BCUT2D eigenvalue weighted by Crippen LogP contribution is 2.30. The monoisotopic (exact) mass is 353 g/mol. The van der Waals surface area contributed by atoms with E-state index in [1.807, 2.05) is 6.92 Å². The van der Waals surface area contributed by atoms with Crippen LogP contribution in [0.5, 0.6) is 11.5 Å². The third-order valence-corrected chi connectivity index (χ3v) is 3.76. The highest BCUT2D eigenvalue weighted by Gasteiger charge is 2.16. The van der Waals surface area contributed by atoms with E-state index >= 15 is 0 Å². The molecule has 0 aliphatic rings. The molecule has 2 aromatic carbocycles. The van der Waals surface area contributed by atoms with Crippen LogP contribution in [0.3, 0.4) is 0 Å². The summed E-state index contributed by atoms with van der Waals surface area (Å²) in [4.78, 5) is 11.6. The number of esters is 1. The first-order chi connectivity index (χ1) is 9.92. The predicted molar refractivity (Wildman–Crippen MR) is 81.1 cm³/mol. The predicted octanol–water partition coefficient (Wildman–Crippen LogP) is 4.06. The maximum Gasteiger partial charge on any atom is 0.340 e. The number of nitrogen functional groups attached to an aromatic ring is 1. The zero-order valence-corrected chi connectivity index (χ0v) is 13.0. The Kier molecular flexibility index (Phi) is 4.47. The van der Waals surface area contributed by atoms with Crippen LogP contribution in [0.25, 0.3) is 0 Å². The second kappa shape index (κ2) is 6.13. The lowest BCUT2D eigenvalue weighted by Crippen LogP contribution is -2.06. The van der Waals surface area contributed by atoms with Gasteiger partial charge in [0.15, 0.2) is 11.6 Å². The van der Waals surface area contributed by atoms with Crippen molar-refractivity contribution in [2.24, 2.45) is 0 Å². The highest BCUT2D eigenvalue weighted by atomic mass is 79.9. The number of rotatable bonds is 3. The zero-order chi connectivity index (χ0) is 15.6. The van der Waals surface area contributed by atoms with Crippen molar-refractivity contribution < 1.29 is 18.7 Å². The quantitative estimate of drug-likeness (QED) is 0.667. The summed E-state index contributed by atoms with van der Waals surface area (Å²) in [7, 11) is 1.23. The van der Waals surface area contributed by atoms with Crippen LogP contribution in [-0.4, -0.2) is 13.1 Å². The SMILES string of the molecule is COC(=O)c1cc(Oc2ccc(Br)c(C)c2)c(F)cc1N. The second-order valence-electron chi connectivity index (χ2n) is 4.37. The topological polar surface area (TPSA) is 61.5 Å². The van der Waals surface area contributed by atoms with Gasteiger partial charge < -0.3 is 15.2 Å². The van der Waals surface area contributed by atoms with E-state index < -0.39 is 11.8 Å². The van der Waals surface area contributed by atoms with Crippen LogP contribution < -0.4 is 10.5 Å². The van der Waals surface area contributed by atoms with Crippen LogP contribution in [0.1, 0.15) is 15.9 Å². The van der Waals surface area contributed by atoms with Gasteiger partial charge in [-0.15, -0.1) is 0 Å². The molecular formula is C15H13BrFNO3. The van der Waals surface area contributed by atoms with Gasteiger partial charge in [-0.05, 0) is 30.7 Å². The molecule has 6 heteroatoms. The van der Waals surface area contributed by atoms with Crippen LogP contribution >= 0.6 is 15.9 Å². The maximum absolute atomic E-state index is 13.9. The van der Waals surface area contributed by atoms with Crippen molar-refractivity contribution in [3.05, 3.63) is 51.7 Å². The number of anilines is 1. The summed E-state index contributed by atoms with van der Waals surface area (Å²) < 4.78 is 24.9. The van der Waals surface area contributed by atoms with Gasteiger partial charge in [0, 0.05) is 22.3 Å². The first kappa shape index (κ1) is 15.3. The van der Waals surface area contributed by atoms with Crippen LogP contribution in [0, 0.1) is 12.7 Å². The number of methoxy groups -OCH3 is 1. The molecule has 0 fully saturated rings. The van der Waals surface area contributed by atoms with E-state index in [1.165, 1.54) is 13.2 Å². The Balaban J connectivity index is 2.39. The molecule has 4 nitrogen and oxygen atoms in total. The summed E-state index contributed by atoms with van der Waals surface area (Å²) >= 11 is 3.37. The molecular weight excluding hydrogens is 341 g/mol. The lowest BCUT2D eigenvalue weighted by molar-refractivity contribution is 0.0601. The number of carbonyl (C=O) groups excluding carboxylic acids is 1. The molecule has 2 aromatic rings. The Bertz CT molecular complexity index is 704. The molecule has 0 radical (unpaired) electrons. The van der Waals surface area contributed by atoms with E-state index in [-0.39, 0.29) is 17.0 Å². The number of hydrogen-bond acceptors (Lipinski definition) is 4. The van der Waals surface area contributed by atoms with E-state index in [0.717, 1.165) is 16.1 Å². The van der Waals surface area contributed by atoms with Crippen molar-refractivity contribution in [3.8, 4) is 11.5 Å². The number of nitrogens with two attached hydrogens (primary N) is 1. The maximum atomic E-state index is 13.9. The lowest BCUT2D eigenvalue weighted by Gasteiger charge is -2.11. The molecule has 0 unspecified atom stereocenters. The number of halogens is 2. The summed E-state index contributed by atoms with van der Waals surface area (Å²) in [5, 5.41) is 0. The summed E-state index contributed by atoms with van der Waals surface area (Å²) in [5.74, 6) is -0.938. The first-order valence-corrected chi connectivity index (χ1v) is 6.83. The van der Waals surface area contributed by atoms with Gasteiger partial charge in [0.05, 0.1) is 12.7 Å². The Hall–Kier alpha value is -2.08. The molecule has 0 heterocycles. The van der Waals surface area contributed by atoms with Crippen molar-refractivity contribution in [1.82, 2.24) is 0 Å². The van der Waals surface area contributed by atoms with Crippen molar-refractivity contribution in [2.45, 2.75) is 6.92 Å². The minimum absolute atomic E-state index is 0.00122. The minimum Gasteiger partial charge on any atom is -0.465 e. The number of aryl methyl sites for hydroxylation is 1. The Morgan fingerprint density at radius 3 is 2.62 bits per heavy atom. The molecule has 2 N–H and O–H groups in total. The van der Waals surface area contributed by atoms with E-state index in [4.69, 9.17) is 10.5 Å².